The number of thiophene rings is 1. The molecule has 172 valence electrons. The lowest BCUT2D eigenvalue weighted by Crippen LogP contribution is -2.13. The smallest absolute Gasteiger partial charge is 0.341 e. The standard InChI is InChI=1S/C26H32ClNO3S/c1-2-31-26(30)24-20-14-9-7-5-3-4-6-8-10-16-22(20)32-25(24)28-23(29)18-17-19-13-11-12-15-21(19)27/h11-13,15,17-18H,2-10,14,16H2,1H3,(H,28,29)/b18-17-. The molecule has 0 aliphatic heterocycles. The van der Waals surface area contributed by atoms with Crippen molar-refractivity contribution >= 4 is 45.9 Å². The minimum absolute atomic E-state index is 0.285. The number of rotatable bonds is 5. The molecular weight excluding hydrogens is 442 g/mol. The minimum atomic E-state index is -0.345. The third kappa shape index (κ3) is 6.94. The zero-order valence-corrected chi connectivity index (χ0v) is 20.3. The maximum Gasteiger partial charge on any atom is 0.341 e. The van der Waals surface area contributed by atoms with Crippen molar-refractivity contribution in [1.29, 1.82) is 0 Å². The van der Waals surface area contributed by atoms with Gasteiger partial charge in [-0.15, -0.1) is 11.3 Å². The first-order chi connectivity index (χ1) is 15.6. The highest BCUT2D eigenvalue weighted by Gasteiger charge is 2.25. The van der Waals surface area contributed by atoms with E-state index in [2.05, 4.69) is 5.32 Å². The number of carbonyl (C=O) groups excluding carboxylic acids is 2. The van der Waals surface area contributed by atoms with Crippen LogP contribution in [0.5, 0.6) is 0 Å². The largest absolute Gasteiger partial charge is 0.462 e. The highest BCUT2D eigenvalue weighted by molar-refractivity contribution is 7.17. The second kappa shape index (κ2) is 12.8. The van der Waals surface area contributed by atoms with Crippen molar-refractivity contribution in [3.8, 4) is 0 Å². The molecule has 0 saturated heterocycles. The Kier molecular flexibility index (Phi) is 9.82. The molecule has 1 heterocycles. The Hall–Kier alpha value is -2.11. The van der Waals surface area contributed by atoms with Crippen LogP contribution in [0.2, 0.25) is 5.02 Å². The van der Waals surface area contributed by atoms with E-state index in [0.29, 0.717) is 22.2 Å². The second-order valence-electron chi connectivity index (χ2n) is 8.10. The van der Waals surface area contributed by atoms with Gasteiger partial charge in [0.25, 0.3) is 0 Å². The van der Waals surface area contributed by atoms with Crippen LogP contribution < -0.4 is 5.32 Å². The zero-order valence-electron chi connectivity index (χ0n) is 18.8. The lowest BCUT2D eigenvalue weighted by Gasteiger charge is -2.10. The molecule has 1 aliphatic rings. The lowest BCUT2D eigenvalue weighted by atomic mass is 9.97. The van der Waals surface area contributed by atoms with Gasteiger partial charge in [-0.3, -0.25) is 4.79 Å². The van der Waals surface area contributed by atoms with E-state index in [-0.39, 0.29) is 11.9 Å². The lowest BCUT2D eigenvalue weighted by molar-refractivity contribution is -0.111. The Morgan fingerprint density at radius 3 is 2.38 bits per heavy atom. The van der Waals surface area contributed by atoms with Crippen molar-refractivity contribution in [2.24, 2.45) is 0 Å². The third-order valence-electron chi connectivity index (χ3n) is 5.71. The second-order valence-corrected chi connectivity index (χ2v) is 9.61. The van der Waals surface area contributed by atoms with Crippen molar-refractivity contribution < 1.29 is 14.3 Å². The first-order valence-corrected chi connectivity index (χ1v) is 12.8. The molecule has 1 amide bonds. The average molecular weight is 474 g/mol. The Morgan fingerprint density at radius 2 is 1.69 bits per heavy atom. The number of nitrogens with one attached hydrogen (secondary N) is 1. The topological polar surface area (TPSA) is 55.4 Å². The fraction of sp³-hybridized carbons (Fsp3) is 0.462. The number of ether oxygens (including phenoxy) is 1. The molecule has 0 spiro atoms. The van der Waals surface area contributed by atoms with Crippen molar-refractivity contribution in [2.75, 3.05) is 11.9 Å². The van der Waals surface area contributed by atoms with Crippen LogP contribution in [0, 0.1) is 0 Å². The number of hydrogen-bond donors (Lipinski definition) is 1. The number of carbonyl (C=O) groups is 2. The van der Waals surface area contributed by atoms with Crippen LogP contribution in [0.25, 0.3) is 6.08 Å². The predicted octanol–water partition coefficient (Wildman–Crippen LogP) is 7.45. The van der Waals surface area contributed by atoms with Gasteiger partial charge in [-0.25, -0.2) is 4.79 Å². The summed E-state index contributed by atoms with van der Waals surface area (Å²) in [7, 11) is 0. The first-order valence-electron chi connectivity index (χ1n) is 11.7. The van der Waals surface area contributed by atoms with Crippen LogP contribution in [-0.4, -0.2) is 18.5 Å². The molecule has 0 saturated carbocycles. The van der Waals surface area contributed by atoms with Gasteiger partial charge in [0.1, 0.15) is 5.00 Å². The van der Waals surface area contributed by atoms with Gasteiger partial charge in [0.2, 0.25) is 5.91 Å². The van der Waals surface area contributed by atoms with Crippen molar-refractivity contribution in [2.45, 2.75) is 71.1 Å². The average Bonchev–Trinajstić information content (AvgIpc) is 3.10. The van der Waals surface area contributed by atoms with Crippen LogP contribution in [0.15, 0.2) is 30.3 Å². The van der Waals surface area contributed by atoms with E-state index in [1.165, 1.54) is 60.8 Å². The maximum absolute atomic E-state index is 12.9. The maximum atomic E-state index is 12.9. The Balaban J connectivity index is 1.86. The molecule has 6 heteroatoms. The summed E-state index contributed by atoms with van der Waals surface area (Å²) in [5.41, 5.74) is 2.39. The molecule has 1 N–H and O–H groups in total. The van der Waals surface area contributed by atoms with E-state index in [1.807, 2.05) is 18.2 Å². The van der Waals surface area contributed by atoms with E-state index in [4.69, 9.17) is 16.3 Å². The normalized spacial score (nSPS) is 15.4. The van der Waals surface area contributed by atoms with Gasteiger partial charge in [0, 0.05) is 16.0 Å². The van der Waals surface area contributed by atoms with E-state index < -0.39 is 0 Å². The molecule has 4 nitrogen and oxygen atoms in total. The molecule has 32 heavy (non-hydrogen) atoms. The van der Waals surface area contributed by atoms with Crippen LogP contribution >= 0.6 is 22.9 Å². The summed E-state index contributed by atoms with van der Waals surface area (Å²) >= 11 is 7.70. The Morgan fingerprint density at radius 1 is 1.03 bits per heavy atom. The van der Waals surface area contributed by atoms with Crippen molar-refractivity contribution in [1.82, 2.24) is 0 Å². The molecule has 1 aromatic carbocycles. The number of halogens is 1. The Labute approximate surface area is 200 Å². The highest BCUT2D eigenvalue weighted by atomic mass is 35.5. The SMILES string of the molecule is CCOC(=O)c1c(NC(=O)/C=C\c2ccccc2Cl)sc2c1CCCCCCCCCC2. The highest BCUT2D eigenvalue weighted by Crippen LogP contribution is 2.37. The van der Waals surface area contributed by atoms with Gasteiger partial charge in [0.05, 0.1) is 12.2 Å². The summed E-state index contributed by atoms with van der Waals surface area (Å²) in [5.74, 6) is -0.629. The summed E-state index contributed by atoms with van der Waals surface area (Å²) < 4.78 is 5.37. The summed E-state index contributed by atoms with van der Waals surface area (Å²) in [6.07, 6.45) is 14.6. The molecule has 3 rings (SSSR count). The summed E-state index contributed by atoms with van der Waals surface area (Å²) in [6, 6.07) is 7.36. The molecule has 1 aliphatic carbocycles. The van der Waals surface area contributed by atoms with Gasteiger partial charge in [0.15, 0.2) is 0 Å². The number of anilines is 1. The quantitative estimate of drug-likeness (QED) is 0.362. The van der Waals surface area contributed by atoms with E-state index in [0.717, 1.165) is 36.8 Å². The molecule has 2 aromatic rings. The summed E-state index contributed by atoms with van der Waals surface area (Å²) in [4.78, 5) is 26.8. The fourth-order valence-corrected chi connectivity index (χ4v) is 5.54. The van der Waals surface area contributed by atoms with E-state index >= 15 is 0 Å². The number of benzene rings is 1. The first kappa shape index (κ1) is 24.5. The van der Waals surface area contributed by atoms with Gasteiger partial charge < -0.3 is 10.1 Å². The van der Waals surface area contributed by atoms with Crippen molar-refractivity contribution in [3.63, 3.8) is 0 Å². The van der Waals surface area contributed by atoms with Crippen LogP contribution in [0.1, 0.15) is 84.7 Å². The van der Waals surface area contributed by atoms with Crippen LogP contribution in [0.3, 0.4) is 0 Å². The van der Waals surface area contributed by atoms with Gasteiger partial charge in [-0.05, 0) is 55.9 Å². The molecular formula is C26H32ClNO3S. The molecule has 0 unspecified atom stereocenters. The number of amides is 1. The van der Waals surface area contributed by atoms with Crippen molar-refractivity contribution in [3.05, 3.63) is 56.9 Å². The van der Waals surface area contributed by atoms with E-state index in [9.17, 15) is 9.59 Å². The van der Waals surface area contributed by atoms with Gasteiger partial charge in [-0.1, -0.05) is 68.3 Å². The number of fused-ring (bicyclic) bond motifs is 1. The minimum Gasteiger partial charge on any atom is -0.462 e. The van der Waals surface area contributed by atoms with Gasteiger partial charge >= 0.3 is 5.97 Å². The molecule has 1 aromatic heterocycles. The van der Waals surface area contributed by atoms with E-state index in [1.54, 1.807) is 19.1 Å². The fourth-order valence-electron chi connectivity index (χ4n) is 4.06. The number of esters is 1. The van der Waals surface area contributed by atoms with Crippen LogP contribution in [0.4, 0.5) is 5.00 Å². The molecule has 0 bridgehead atoms. The third-order valence-corrected chi connectivity index (χ3v) is 7.26. The molecule has 0 fully saturated rings. The summed E-state index contributed by atoms with van der Waals surface area (Å²) in [5, 5.41) is 4.12. The summed E-state index contributed by atoms with van der Waals surface area (Å²) in [6.45, 7) is 2.12. The number of aryl methyl sites for hydroxylation is 1. The predicted molar refractivity (Wildman–Crippen MR) is 134 cm³/mol. The molecule has 0 radical (unpaired) electrons. The van der Waals surface area contributed by atoms with Gasteiger partial charge in [-0.2, -0.15) is 0 Å². The molecule has 0 atom stereocenters. The Bertz CT molecular complexity index is 951. The zero-order chi connectivity index (χ0) is 22.8. The van der Waals surface area contributed by atoms with Crippen LogP contribution in [-0.2, 0) is 22.4 Å². The monoisotopic (exact) mass is 473 g/mol. The number of hydrogen-bond acceptors (Lipinski definition) is 4.